The Bertz CT molecular complexity index is 1300. The fourth-order valence-corrected chi connectivity index (χ4v) is 5.53. The number of alkyl halides is 3. The van der Waals surface area contributed by atoms with Crippen LogP contribution in [0.4, 0.5) is 17.6 Å². The molecule has 34 heavy (non-hydrogen) atoms. The van der Waals surface area contributed by atoms with Crippen LogP contribution in [0, 0.1) is 5.82 Å². The van der Waals surface area contributed by atoms with E-state index in [4.69, 9.17) is 16.0 Å². The molecule has 4 aliphatic carbocycles. The summed E-state index contributed by atoms with van der Waals surface area (Å²) in [6, 6.07) is 5.87. The lowest BCUT2D eigenvalue weighted by molar-refractivity contribution is -0.352. The number of carbonyl (C=O) groups is 1. The van der Waals surface area contributed by atoms with Gasteiger partial charge in [0.2, 0.25) is 11.8 Å². The Kier molecular flexibility index (Phi) is 4.54. The number of nitrogens with zero attached hydrogens (tertiary/aromatic N) is 3. The first-order chi connectivity index (χ1) is 16.0. The van der Waals surface area contributed by atoms with Crippen LogP contribution in [0.5, 0.6) is 0 Å². The molecule has 0 atom stereocenters. The molecule has 178 valence electrons. The van der Waals surface area contributed by atoms with E-state index in [-0.39, 0.29) is 40.8 Å². The third-order valence-corrected chi connectivity index (χ3v) is 7.30. The fourth-order valence-electron chi connectivity index (χ4n) is 5.36. The number of aromatic nitrogens is 3. The third-order valence-electron chi connectivity index (χ3n) is 7.01. The minimum Gasteiger partial charge on any atom is -0.424 e. The minimum absolute atomic E-state index is 0.0124. The predicted molar refractivity (Wildman–Crippen MR) is 110 cm³/mol. The molecule has 1 aromatic carbocycles. The normalized spacial score (nSPS) is 29.8. The summed E-state index contributed by atoms with van der Waals surface area (Å²) in [5, 5.41) is 11.8. The lowest BCUT2D eigenvalue weighted by atomic mass is 9.39. The zero-order valence-electron chi connectivity index (χ0n) is 17.5. The van der Waals surface area contributed by atoms with Crippen molar-refractivity contribution in [2.45, 2.75) is 61.4 Å². The summed E-state index contributed by atoms with van der Waals surface area (Å²) in [5.41, 5.74) is -0.203. The van der Waals surface area contributed by atoms with E-state index in [2.05, 4.69) is 25.2 Å². The number of halogens is 5. The van der Waals surface area contributed by atoms with Crippen LogP contribution in [0.3, 0.4) is 0 Å². The van der Waals surface area contributed by atoms with Crippen molar-refractivity contribution in [2.75, 3.05) is 0 Å². The van der Waals surface area contributed by atoms with E-state index >= 15 is 0 Å². The van der Waals surface area contributed by atoms with Gasteiger partial charge in [-0.25, -0.2) is 9.37 Å². The molecule has 0 saturated heterocycles. The Morgan fingerprint density at radius 1 is 1.18 bits per heavy atom. The van der Waals surface area contributed by atoms with Crippen LogP contribution in [0.25, 0.3) is 10.9 Å². The van der Waals surface area contributed by atoms with Gasteiger partial charge in [-0.05, 0) is 44.2 Å². The van der Waals surface area contributed by atoms with Crippen molar-refractivity contribution in [3.63, 3.8) is 0 Å². The van der Waals surface area contributed by atoms with Crippen LogP contribution in [0.1, 0.15) is 60.3 Å². The average Bonchev–Trinajstić information content (AvgIpc) is 3.15. The Balaban J connectivity index is 1.07. The van der Waals surface area contributed by atoms with Crippen LogP contribution in [0.2, 0.25) is 5.02 Å². The molecule has 0 unspecified atom stereocenters. The first-order valence-electron chi connectivity index (χ1n) is 10.7. The molecule has 0 radical (unpaired) electrons. The number of hydrogen-bond donors (Lipinski definition) is 1. The molecule has 0 aliphatic heterocycles. The van der Waals surface area contributed by atoms with Crippen LogP contribution >= 0.6 is 11.6 Å². The van der Waals surface area contributed by atoms with Crippen LogP contribution < -0.4 is 5.32 Å². The molecular formula is C22H17ClF4N4O3. The van der Waals surface area contributed by atoms with Gasteiger partial charge in [-0.15, -0.1) is 23.4 Å². The van der Waals surface area contributed by atoms with Crippen molar-refractivity contribution in [1.29, 1.82) is 0 Å². The van der Waals surface area contributed by atoms with E-state index in [1.165, 1.54) is 12.1 Å². The van der Waals surface area contributed by atoms with Gasteiger partial charge in [0.25, 0.3) is 5.91 Å². The van der Waals surface area contributed by atoms with Gasteiger partial charge < -0.3 is 9.73 Å². The van der Waals surface area contributed by atoms with Gasteiger partial charge in [0.1, 0.15) is 11.5 Å². The third kappa shape index (κ3) is 3.52. The van der Waals surface area contributed by atoms with Gasteiger partial charge >= 0.3 is 6.36 Å². The van der Waals surface area contributed by atoms with Crippen molar-refractivity contribution in [3.8, 4) is 0 Å². The Hall–Kier alpha value is -2.79. The molecule has 1 N–H and O–H groups in total. The molecule has 2 heterocycles. The Morgan fingerprint density at radius 3 is 2.62 bits per heavy atom. The molecule has 0 spiro atoms. The van der Waals surface area contributed by atoms with E-state index in [9.17, 15) is 22.4 Å². The molecule has 3 aromatic rings. The second-order valence-electron chi connectivity index (χ2n) is 9.50. The highest BCUT2D eigenvalue weighted by Gasteiger charge is 2.72. The van der Waals surface area contributed by atoms with Crippen LogP contribution in [-0.2, 0) is 10.2 Å². The van der Waals surface area contributed by atoms with Gasteiger partial charge in [-0.3, -0.25) is 9.53 Å². The number of amides is 1. The number of fused-ring (bicyclic) bond motifs is 1. The number of ether oxygens (including phenoxy) is 1. The molecule has 4 saturated carbocycles. The number of benzene rings is 1. The summed E-state index contributed by atoms with van der Waals surface area (Å²) >= 11 is 5.79. The van der Waals surface area contributed by atoms with E-state index in [1.807, 2.05) is 0 Å². The molecule has 2 aromatic heterocycles. The molecule has 7 nitrogen and oxygen atoms in total. The van der Waals surface area contributed by atoms with E-state index < -0.39 is 23.8 Å². The monoisotopic (exact) mass is 496 g/mol. The van der Waals surface area contributed by atoms with E-state index in [1.54, 1.807) is 12.1 Å². The maximum absolute atomic E-state index is 13.7. The highest BCUT2D eigenvalue weighted by molar-refractivity contribution is 6.31. The standard InChI is InChI=1S/C22H17ClF4N4O3/c23-13-5-10-1-2-15(28-16(10)6-14(13)24)17(32)29-21-7-20(8-21,9-21)19-31-30-18(33-19)11-3-12(4-11)34-22(25,26)27/h1-2,5-6,11-12H,3-4,7-9H2,(H,29,32)/t11-,12+,20?,21?. The summed E-state index contributed by atoms with van der Waals surface area (Å²) in [6.07, 6.45) is -3.30. The quantitative estimate of drug-likeness (QED) is 0.510. The molecule has 4 aliphatic rings. The first-order valence-corrected chi connectivity index (χ1v) is 11.1. The predicted octanol–water partition coefficient (Wildman–Crippen LogP) is 4.80. The number of nitrogens with one attached hydrogen (secondary N) is 1. The molecular weight excluding hydrogens is 480 g/mol. The second kappa shape index (κ2) is 7.11. The smallest absolute Gasteiger partial charge is 0.424 e. The van der Waals surface area contributed by atoms with Crippen molar-refractivity contribution in [3.05, 3.63) is 52.6 Å². The second-order valence-corrected chi connectivity index (χ2v) is 9.91. The lowest BCUT2D eigenvalue weighted by Crippen LogP contribution is -2.76. The zero-order valence-corrected chi connectivity index (χ0v) is 18.2. The zero-order chi connectivity index (χ0) is 23.9. The average molecular weight is 497 g/mol. The van der Waals surface area contributed by atoms with Crippen molar-refractivity contribution in [2.24, 2.45) is 0 Å². The van der Waals surface area contributed by atoms with Gasteiger partial charge in [0, 0.05) is 22.9 Å². The molecule has 12 heteroatoms. The van der Waals surface area contributed by atoms with Crippen LogP contribution in [0.15, 0.2) is 28.7 Å². The van der Waals surface area contributed by atoms with Crippen molar-refractivity contribution >= 4 is 28.4 Å². The maximum Gasteiger partial charge on any atom is 0.522 e. The highest BCUT2D eigenvalue weighted by Crippen LogP contribution is 2.67. The Labute approximate surface area is 194 Å². The molecule has 7 rings (SSSR count). The number of rotatable bonds is 5. The summed E-state index contributed by atoms with van der Waals surface area (Å²) in [4.78, 5) is 17.0. The summed E-state index contributed by atoms with van der Waals surface area (Å²) in [7, 11) is 0. The largest absolute Gasteiger partial charge is 0.522 e. The van der Waals surface area contributed by atoms with Gasteiger partial charge in [0.05, 0.1) is 22.1 Å². The van der Waals surface area contributed by atoms with Gasteiger partial charge in [-0.2, -0.15) is 0 Å². The highest BCUT2D eigenvalue weighted by atomic mass is 35.5. The molecule has 2 bridgehead atoms. The van der Waals surface area contributed by atoms with Gasteiger partial charge in [0.15, 0.2) is 0 Å². The van der Waals surface area contributed by atoms with E-state index in [0.29, 0.717) is 41.9 Å². The van der Waals surface area contributed by atoms with Crippen molar-refractivity contribution in [1.82, 2.24) is 20.5 Å². The molecule has 4 fully saturated rings. The number of pyridine rings is 1. The summed E-state index contributed by atoms with van der Waals surface area (Å²) < 4.78 is 60.4. The topological polar surface area (TPSA) is 90.1 Å². The minimum atomic E-state index is -4.65. The van der Waals surface area contributed by atoms with Gasteiger partial charge in [-0.1, -0.05) is 17.7 Å². The summed E-state index contributed by atoms with van der Waals surface area (Å²) in [5.74, 6) is -0.428. The van der Waals surface area contributed by atoms with Crippen LogP contribution in [-0.4, -0.2) is 39.1 Å². The molecule has 1 amide bonds. The van der Waals surface area contributed by atoms with E-state index in [0.717, 1.165) is 0 Å². The van der Waals surface area contributed by atoms with Crippen molar-refractivity contribution < 1.29 is 31.5 Å². The fraction of sp³-hybridized carbons (Fsp3) is 0.455. The first kappa shape index (κ1) is 21.7. The number of carbonyl (C=O) groups excluding carboxylic acids is 1. The maximum atomic E-state index is 13.7. The Morgan fingerprint density at radius 2 is 1.91 bits per heavy atom. The summed E-state index contributed by atoms with van der Waals surface area (Å²) in [6.45, 7) is 0. The lowest BCUT2D eigenvalue weighted by Gasteiger charge is -2.68. The number of hydrogen-bond acceptors (Lipinski definition) is 6. The SMILES string of the molecule is O=C(NC12CC(c3nnc([C@H]4C[C@@H](OC(F)(F)F)C4)o3)(C1)C2)c1ccc2cc(Cl)c(F)cc2n1.